The van der Waals surface area contributed by atoms with Crippen molar-refractivity contribution in [2.24, 2.45) is 11.8 Å². The van der Waals surface area contributed by atoms with Crippen molar-refractivity contribution in [2.45, 2.75) is 19.8 Å². The minimum atomic E-state index is -1.18. The first-order valence-electron chi connectivity index (χ1n) is 8.54. The predicted octanol–water partition coefficient (Wildman–Crippen LogP) is 3.06. The molecule has 26 heavy (non-hydrogen) atoms. The molecule has 0 bridgehead atoms. The molecule has 0 spiro atoms. The zero-order chi connectivity index (χ0) is 18.5. The molecule has 2 aromatic carbocycles. The second-order valence-corrected chi connectivity index (χ2v) is 6.41. The van der Waals surface area contributed by atoms with Crippen molar-refractivity contribution in [2.75, 3.05) is 5.32 Å². The number of rotatable bonds is 5. The molecule has 0 fully saturated rings. The quantitative estimate of drug-likeness (QED) is 0.841. The molecule has 0 radical (unpaired) electrons. The Morgan fingerprint density at radius 1 is 1.00 bits per heavy atom. The third-order valence-electron chi connectivity index (χ3n) is 4.42. The molecule has 0 unspecified atom stereocenters. The third-order valence-corrected chi connectivity index (χ3v) is 4.42. The summed E-state index contributed by atoms with van der Waals surface area (Å²) in [6.07, 6.45) is 4.34. The molecule has 134 valence electrons. The van der Waals surface area contributed by atoms with Crippen LogP contribution in [0.4, 0.5) is 5.69 Å². The number of carbonyl (C=O) groups is 2. The number of ether oxygens (including phenoxy) is 1. The molecule has 0 aromatic heterocycles. The second kappa shape index (κ2) is 7.87. The normalized spacial score (nSPS) is 19.0. The van der Waals surface area contributed by atoms with Crippen molar-refractivity contribution in [1.82, 2.24) is 0 Å². The molecule has 3 rings (SSSR count). The van der Waals surface area contributed by atoms with Gasteiger partial charge in [-0.05, 0) is 61.7 Å². The Hall–Kier alpha value is -3.08. The minimum Gasteiger partial charge on any atom is -0.550 e. The average Bonchev–Trinajstić information content (AvgIpc) is 2.63. The number of hydrogen-bond acceptors (Lipinski definition) is 4. The van der Waals surface area contributed by atoms with E-state index >= 15 is 0 Å². The van der Waals surface area contributed by atoms with E-state index in [1.54, 1.807) is 30.3 Å². The van der Waals surface area contributed by atoms with Crippen LogP contribution in [-0.4, -0.2) is 11.9 Å². The lowest BCUT2D eigenvalue weighted by Gasteiger charge is -2.28. The van der Waals surface area contributed by atoms with Gasteiger partial charge in [0.2, 0.25) is 5.91 Å². The van der Waals surface area contributed by atoms with E-state index in [2.05, 4.69) is 5.32 Å². The lowest BCUT2D eigenvalue weighted by atomic mass is 9.82. The number of anilines is 1. The summed E-state index contributed by atoms with van der Waals surface area (Å²) in [6, 6.07) is 14.7. The van der Waals surface area contributed by atoms with Crippen molar-refractivity contribution in [3.05, 3.63) is 66.2 Å². The van der Waals surface area contributed by atoms with Crippen LogP contribution in [0, 0.1) is 18.8 Å². The van der Waals surface area contributed by atoms with Gasteiger partial charge in [0, 0.05) is 17.6 Å². The molecule has 2 atom stereocenters. The molecule has 0 aliphatic heterocycles. The van der Waals surface area contributed by atoms with Crippen LogP contribution in [0.1, 0.15) is 18.4 Å². The van der Waals surface area contributed by atoms with Gasteiger partial charge in [0.25, 0.3) is 0 Å². The number of nitrogens with one attached hydrogen (secondary N) is 1. The summed E-state index contributed by atoms with van der Waals surface area (Å²) in [4.78, 5) is 23.7. The lowest BCUT2D eigenvalue weighted by Crippen LogP contribution is -2.41. The molecular formula is C21H20NO4-. The highest BCUT2D eigenvalue weighted by atomic mass is 16.5. The van der Waals surface area contributed by atoms with Crippen LogP contribution >= 0.6 is 0 Å². The summed E-state index contributed by atoms with van der Waals surface area (Å²) in [7, 11) is 0. The molecule has 0 saturated heterocycles. The Balaban J connectivity index is 1.64. The second-order valence-electron chi connectivity index (χ2n) is 6.41. The molecule has 0 heterocycles. The van der Waals surface area contributed by atoms with Gasteiger partial charge in [-0.2, -0.15) is 0 Å². The zero-order valence-electron chi connectivity index (χ0n) is 14.5. The van der Waals surface area contributed by atoms with Crippen LogP contribution in [0.25, 0.3) is 0 Å². The van der Waals surface area contributed by atoms with E-state index in [0.29, 0.717) is 24.3 Å². The van der Waals surface area contributed by atoms with Crippen LogP contribution < -0.4 is 15.2 Å². The highest BCUT2D eigenvalue weighted by Gasteiger charge is 2.29. The van der Waals surface area contributed by atoms with Gasteiger partial charge in [-0.1, -0.05) is 24.3 Å². The van der Waals surface area contributed by atoms with Crippen molar-refractivity contribution in [3.63, 3.8) is 0 Å². The van der Waals surface area contributed by atoms with Gasteiger partial charge in [-0.15, -0.1) is 0 Å². The number of carboxylic acid groups (broad SMARTS) is 1. The molecule has 1 aliphatic carbocycles. The van der Waals surface area contributed by atoms with Gasteiger partial charge in [0.15, 0.2) is 0 Å². The van der Waals surface area contributed by atoms with Crippen LogP contribution in [0.5, 0.6) is 11.5 Å². The number of aliphatic carboxylic acids is 1. The van der Waals surface area contributed by atoms with E-state index in [1.807, 2.05) is 37.3 Å². The Morgan fingerprint density at radius 2 is 1.69 bits per heavy atom. The van der Waals surface area contributed by atoms with Crippen molar-refractivity contribution in [1.29, 1.82) is 0 Å². The maximum atomic E-state index is 12.4. The largest absolute Gasteiger partial charge is 0.550 e. The molecular weight excluding hydrogens is 330 g/mol. The number of carbonyl (C=O) groups excluding carboxylic acids is 2. The van der Waals surface area contributed by atoms with E-state index < -0.39 is 17.8 Å². The number of benzene rings is 2. The van der Waals surface area contributed by atoms with E-state index in [-0.39, 0.29) is 5.91 Å². The van der Waals surface area contributed by atoms with Crippen LogP contribution in [0.2, 0.25) is 0 Å². The molecule has 2 aromatic rings. The maximum Gasteiger partial charge on any atom is 0.228 e. The van der Waals surface area contributed by atoms with E-state index in [1.165, 1.54) is 0 Å². The van der Waals surface area contributed by atoms with Gasteiger partial charge in [0.1, 0.15) is 11.5 Å². The summed E-state index contributed by atoms with van der Waals surface area (Å²) in [5.74, 6) is -1.50. The molecule has 1 N–H and O–H groups in total. The van der Waals surface area contributed by atoms with E-state index in [0.717, 1.165) is 11.3 Å². The first kappa shape index (κ1) is 17.7. The summed E-state index contributed by atoms with van der Waals surface area (Å²) in [5.41, 5.74) is 1.70. The van der Waals surface area contributed by atoms with Crippen LogP contribution in [-0.2, 0) is 9.59 Å². The van der Waals surface area contributed by atoms with Crippen molar-refractivity contribution >= 4 is 17.6 Å². The number of amides is 1. The topological polar surface area (TPSA) is 78.5 Å². The summed E-state index contributed by atoms with van der Waals surface area (Å²) in [6.45, 7) is 1.99. The lowest BCUT2D eigenvalue weighted by molar-refractivity contribution is -0.313. The Bertz CT molecular complexity index is 826. The van der Waals surface area contributed by atoms with Gasteiger partial charge >= 0.3 is 0 Å². The summed E-state index contributed by atoms with van der Waals surface area (Å²) >= 11 is 0. The molecule has 5 heteroatoms. The molecule has 0 saturated carbocycles. The number of aryl methyl sites for hydroxylation is 1. The fourth-order valence-electron chi connectivity index (χ4n) is 3.02. The first-order chi connectivity index (χ1) is 12.5. The Labute approximate surface area is 152 Å². The SMILES string of the molecule is Cc1cccc(Oc2ccc(NC(=O)[C@@H]3CC=CC[C@H]3C(=O)[O-])cc2)c1. The van der Waals surface area contributed by atoms with Crippen molar-refractivity contribution in [3.8, 4) is 11.5 Å². The van der Waals surface area contributed by atoms with Gasteiger partial charge in [0.05, 0.1) is 5.92 Å². The monoisotopic (exact) mass is 350 g/mol. The van der Waals surface area contributed by atoms with E-state index in [9.17, 15) is 14.7 Å². The molecule has 5 nitrogen and oxygen atoms in total. The van der Waals surface area contributed by atoms with Crippen molar-refractivity contribution < 1.29 is 19.4 Å². The fourth-order valence-corrected chi connectivity index (χ4v) is 3.02. The fraction of sp³-hybridized carbons (Fsp3) is 0.238. The summed E-state index contributed by atoms with van der Waals surface area (Å²) in [5, 5.41) is 14.0. The molecule has 1 amide bonds. The number of allylic oxidation sites excluding steroid dienone is 2. The third kappa shape index (κ3) is 4.30. The van der Waals surface area contributed by atoms with E-state index in [4.69, 9.17) is 4.74 Å². The zero-order valence-corrected chi connectivity index (χ0v) is 14.5. The smallest absolute Gasteiger partial charge is 0.228 e. The van der Waals surface area contributed by atoms with Gasteiger partial charge in [-0.25, -0.2) is 0 Å². The number of carboxylic acids is 1. The highest BCUT2D eigenvalue weighted by Crippen LogP contribution is 2.28. The van der Waals surface area contributed by atoms with Gasteiger partial charge in [-0.3, -0.25) is 4.79 Å². The van der Waals surface area contributed by atoms with Gasteiger partial charge < -0.3 is 20.0 Å². The minimum absolute atomic E-state index is 0.309. The molecule has 1 aliphatic rings. The van der Waals surface area contributed by atoms with Crippen LogP contribution in [0.15, 0.2) is 60.7 Å². The van der Waals surface area contributed by atoms with Crippen LogP contribution in [0.3, 0.4) is 0 Å². The maximum absolute atomic E-state index is 12.4. The summed E-state index contributed by atoms with van der Waals surface area (Å²) < 4.78 is 5.78. The highest BCUT2D eigenvalue weighted by molar-refractivity contribution is 5.95. The Morgan fingerprint density at radius 3 is 2.35 bits per heavy atom. The Kier molecular flexibility index (Phi) is 5.37. The predicted molar refractivity (Wildman–Crippen MR) is 96.7 cm³/mol. The standard InChI is InChI=1S/C21H21NO4/c1-14-5-4-6-17(13-14)26-16-11-9-15(10-12-16)22-20(23)18-7-2-3-8-19(18)21(24)25/h2-6,9-13,18-19H,7-8H2,1H3,(H,22,23)(H,24,25)/p-1/t18-,19-/m1/s1. The number of hydrogen-bond donors (Lipinski definition) is 1. The first-order valence-corrected chi connectivity index (χ1v) is 8.54. The average molecular weight is 350 g/mol.